The number of hydrogen-bond acceptors (Lipinski definition) is 4. The molecular weight excluding hydrogens is 348 g/mol. The number of unbranched alkanes of at least 4 members (excludes halogenated alkanes) is 1. The maximum Gasteiger partial charge on any atom is 0.137 e. The van der Waals surface area contributed by atoms with Gasteiger partial charge in [-0.05, 0) is 42.7 Å². The number of benzene rings is 1. The molecule has 0 radical (unpaired) electrons. The van der Waals surface area contributed by atoms with E-state index in [2.05, 4.69) is 26.1 Å². The van der Waals surface area contributed by atoms with Crippen molar-refractivity contribution >= 4 is 11.6 Å². The third-order valence-electron chi connectivity index (χ3n) is 4.34. The lowest BCUT2D eigenvalue weighted by Crippen LogP contribution is -2.36. The van der Waals surface area contributed by atoms with Gasteiger partial charge in [0.25, 0.3) is 0 Å². The highest BCUT2D eigenvalue weighted by Crippen LogP contribution is 2.30. The van der Waals surface area contributed by atoms with Crippen molar-refractivity contribution in [3.8, 4) is 17.0 Å². The van der Waals surface area contributed by atoms with Gasteiger partial charge in [-0.3, -0.25) is 4.98 Å². The first-order valence-electron chi connectivity index (χ1n) is 9.28. The summed E-state index contributed by atoms with van der Waals surface area (Å²) in [6.07, 6.45) is 2.11. The van der Waals surface area contributed by atoms with Crippen molar-refractivity contribution in [1.82, 2.24) is 10.3 Å². The van der Waals surface area contributed by atoms with E-state index in [1.54, 1.807) is 0 Å². The maximum atomic E-state index is 9.43. The van der Waals surface area contributed by atoms with Crippen molar-refractivity contribution in [2.45, 2.75) is 46.2 Å². The Bertz CT molecular complexity index is 691. The summed E-state index contributed by atoms with van der Waals surface area (Å²) in [5.41, 5.74) is 2.76. The zero-order valence-electron chi connectivity index (χ0n) is 15.8. The Morgan fingerprint density at radius 1 is 1.23 bits per heavy atom. The quantitative estimate of drug-likeness (QED) is 0.591. The van der Waals surface area contributed by atoms with Crippen LogP contribution in [-0.4, -0.2) is 29.3 Å². The molecule has 26 heavy (non-hydrogen) atoms. The van der Waals surface area contributed by atoms with E-state index in [9.17, 15) is 5.11 Å². The molecule has 0 saturated heterocycles. The Balaban J connectivity index is 2.08. The Morgan fingerprint density at radius 3 is 2.69 bits per heavy atom. The van der Waals surface area contributed by atoms with Crippen LogP contribution in [0.2, 0.25) is 5.02 Å². The van der Waals surface area contributed by atoms with Gasteiger partial charge in [0, 0.05) is 18.2 Å². The fourth-order valence-electron chi connectivity index (χ4n) is 2.59. The second-order valence-corrected chi connectivity index (χ2v) is 7.18. The van der Waals surface area contributed by atoms with Crippen molar-refractivity contribution in [2.24, 2.45) is 5.92 Å². The van der Waals surface area contributed by atoms with Crippen molar-refractivity contribution in [2.75, 3.05) is 13.2 Å². The standard InChI is InChI=1S/C21H29ClN2O2/c1-4-5-11-26-21-10-9-16(12-18(21)22)19-8-6-7-17(24-19)13-23-20(14-25)15(2)3/h6-10,12,15,20,23,25H,4-5,11,13-14H2,1-3H3/t20-/m0/s1. The summed E-state index contributed by atoms with van der Waals surface area (Å²) in [6, 6.07) is 11.8. The van der Waals surface area contributed by atoms with Crippen LogP contribution in [0.3, 0.4) is 0 Å². The van der Waals surface area contributed by atoms with Crippen LogP contribution in [0.1, 0.15) is 39.3 Å². The third-order valence-corrected chi connectivity index (χ3v) is 4.63. The minimum atomic E-state index is 0.0643. The second kappa shape index (κ2) is 10.5. The van der Waals surface area contributed by atoms with Crippen molar-refractivity contribution in [3.63, 3.8) is 0 Å². The van der Waals surface area contributed by atoms with Gasteiger partial charge in [-0.1, -0.05) is 44.9 Å². The average molecular weight is 377 g/mol. The first-order valence-corrected chi connectivity index (χ1v) is 9.65. The van der Waals surface area contributed by atoms with E-state index in [1.807, 2.05) is 36.4 Å². The molecule has 2 rings (SSSR count). The fourth-order valence-corrected chi connectivity index (χ4v) is 2.82. The highest BCUT2D eigenvalue weighted by molar-refractivity contribution is 6.32. The number of rotatable bonds is 10. The smallest absolute Gasteiger partial charge is 0.137 e. The number of pyridine rings is 1. The molecule has 0 unspecified atom stereocenters. The highest BCUT2D eigenvalue weighted by atomic mass is 35.5. The van der Waals surface area contributed by atoms with Crippen LogP contribution in [0.25, 0.3) is 11.3 Å². The van der Waals surface area contributed by atoms with E-state index in [4.69, 9.17) is 21.3 Å². The normalized spacial score (nSPS) is 12.4. The average Bonchev–Trinajstić information content (AvgIpc) is 2.63. The van der Waals surface area contributed by atoms with E-state index in [1.165, 1.54) is 0 Å². The number of aliphatic hydroxyl groups is 1. The predicted octanol–water partition coefficient (Wildman–Crippen LogP) is 4.69. The van der Waals surface area contributed by atoms with Gasteiger partial charge >= 0.3 is 0 Å². The molecule has 2 N–H and O–H groups in total. The van der Waals surface area contributed by atoms with Gasteiger partial charge < -0.3 is 15.2 Å². The lowest BCUT2D eigenvalue weighted by atomic mass is 10.1. The summed E-state index contributed by atoms with van der Waals surface area (Å²) in [6.45, 7) is 7.71. The van der Waals surface area contributed by atoms with Crippen molar-refractivity contribution in [1.29, 1.82) is 0 Å². The Morgan fingerprint density at radius 2 is 2.04 bits per heavy atom. The molecule has 1 aromatic carbocycles. The maximum absolute atomic E-state index is 9.43. The number of ether oxygens (including phenoxy) is 1. The fraction of sp³-hybridized carbons (Fsp3) is 0.476. The number of nitrogens with one attached hydrogen (secondary N) is 1. The molecule has 0 aliphatic rings. The number of hydrogen-bond donors (Lipinski definition) is 2. The minimum absolute atomic E-state index is 0.0643. The lowest BCUT2D eigenvalue weighted by Gasteiger charge is -2.19. The summed E-state index contributed by atoms with van der Waals surface area (Å²) in [5.74, 6) is 1.08. The molecular formula is C21H29ClN2O2. The second-order valence-electron chi connectivity index (χ2n) is 6.78. The molecule has 1 atom stereocenters. The molecule has 0 aliphatic heterocycles. The molecule has 2 aromatic rings. The summed E-state index contributed by atoms with van der Waals surface area (Å²) in [4.78, 5) is 4.71. The summed E-state index contributed by atoms with van der Waals surface area (Å²) in [5, 5.41) is 13.4. The van der Waals surface area contributed by atoms with Gasteiger partial charge in [-0.15, -0.1) is 0 Å². The largest absolute Gasteiger partial charge is 0.492 e. The molecule has 0 bridgehead atoms. The van der Waals surface area contributed by atoms with Gasteiger partial charge in [0.05, 0.1) is 29.6 Å². The Hall–Kier alpha value is -1.62. The van der Waals surface area contributed by atoms with Crippen LogP contribution in [0.4, 0.5) is 0 Å². The molecule has 0 spiro atoms. The van der Waals surface area contributed by atoms with Gasteiger partial charge in [0.1, 0.15) is 5.75 Å². The van der Waals surface area contributed by atoms with Crippen LogP contribution in [0.5, 0.6) is 5.75 Å². The summed E-state index contributed by atoms with van der Waals surface area (Å²) in [7, 11) is 0. The van der Waals surface area contributed by atoms with E-state index in [0.29, 0.717) is 29.8 Å². The summed E-state index contributed by atoms with van der Waals surface area (Å²) < 4.78 is 5.71. The predicted molar refractivity (Wildman–Crippen MR) is 108 cm³/mol. The molecule has 0 fully saturated rings. The lowest BCUT2D eigenvalue weighted by molar-refractivity contribution is 0.209. The zero-order chi connectivity index (χ0) is 18.9. The molecule has 0 aliphatic carbocycles. The first kappa shape index (κ1) is 20.7. The molecule has 1 heterocycles. The Labute approximate surface area is 161 Å². The van der Waals surface area contributed by atoms with Crippen molar-refractivity contribution in [3.05, 3.63) is 47.1 Å². The molecule has 0 amide bonds. The van der Waals surface area contributed by atoms with E-state index in [0.717, 1.165) is 29.8 Å². The van der Waals surface area contributed by atoms with Crippen molar-refractivity contribution < 1.29 is 9.84 Å². The topological polar surface area (TPSA) is 54.4 Å². The van der Waals surface area contributed by atoms with E-state index >= 15 is 0 Å². The van der Waals surface area contributed by atoms with Gasteiger partial charge in [0.15, 0.2) is 0 Å². The van der Waals surface area contributed by atoms with E-state index < -0.39 is 0 Å². The van der Waals surface area contributed by atoms with Gasteiger partial charge in [-0.25, -0.2) is 0 Å². The SMILES string of the molecule is CCCCOc1ccc(-c2cccc(CN[C@@H](CO)C(C)C)n2)cc1Cl. The van der Waals surface area contributed by atoms with Gasteiger partial charge in [0.2, 0.25) is 0 Å². The number of aliphatic hydroxyl groups excluding tert-OH is 1. The summed E-state index contributed by atoms with van der Waals surface area (Å²) >= 11 is 6.36. The Kier molecular flexibility index (Phi) is 8.36. The number of nitrogens with zero attached hydrogens (tertiary/aromatic N) is 1. The molecule has 0 saturated carbocycles. The molecule has 5 heteroatoms. The van der Waals surface area contributed by atoms with E-state index in [-0.39, 0.29) is 12.6 Å². The van der Waals surface area contributed by atoms with Crippen LogP contribution in [0.15, 0.2) is 36.4 Å². The molecule has 4 nitrogen and oxygen atoms in total. The van der Waals surface area contributed by atoms with Crippen LogP contribution < -0.4 is 10.1 Å². The monoisotopic (exact) mass is 376 g/mol. The van der Waals surface area contributed by atoms with Crippen LogP contribution in [0, 0.1) is 5.92 Å². The number of halogens is 1. The molecule has 142 valence electrons. The molecule has 1 aromatic heterocycles. The minimum Gasteiger partial charge on any atom is -0.492 e. The third kappa shape index (κ3) is 5.97. The van der Waals surface area contributed by atoms with Crippen LogP contribution >= 0.6 is 11.6 Å². The highest BCUT2D eigenvalue weighted by Gasteiger charge is 2.12. The van der Waals surface area contributed by atoms with Gasteiger partial charge in [-0.2, -0.15) is 0 Å². The number of aromatic nitrogens is 1. The van der Waals surface area contributed by atoms with Crippen LogP contribution in [-0.2, 0) is 6.54 Å². The first-order chi connectivity index (χ1) is 12.5. The zero-order valence-corrected chi connectivity index (χ0v) is 16.6.